The molecule has 0 aliphatic carbocycles. The lowest BCUT2D eigenvalue weighted by atomic mass is 9.80. The van der Waals surface area contributed by atoms with Crippen LogP contribution in [-0.2, 0) is 49.7 Å². The molecular formula is C62H84N5O13PSi. The van der Waals surface area contributed by atoms with Crippen LogP contribution in [0.15, 0.2) is 120 Å². The highest BCUT2D eigenvalue weighted by Crippen LogP contribution is 2.52. The zero-order valence-corrected chi connectivity index (χ0v) is 52.1. The maximum Gasteiger partial charge on any atom is 0.413 e. The van der Waals surface area contributed by atoms with Crippen LogP contribution in [0.4, 0.5) is 10.6 Å². The second-order valence-electron chi connectivity index (χ2n) is 22.7. The first-order chi connectivity index (χ1) is 39.0. The molecule has 0 bridgehead atoms. The maximum absolute atomic E-state index is 14.5. The highest BCUT2D eigenvalue weighted by Gasteiger charge is 2.52. The number of anilines is 1. The van der Waals surface area contributed by atoms with Crippen LogP contribution in [0.1, 0.15) is 125 Å². The lowest BCUT2D eigenvalue weighted by Crippen LogP contribution is -2.50. The van der Waals surface area contributed by atoms with Gasteiger partial charge in [0, 0.05) is 23.8 Å². The van der Waals surface area contributed by atoms with Crippen molar-refractivity contribution in [3.63, 3.8) is 0 Å². The molecule has 1 saturated heterocycles. The Labute approximate surface area is 486 Å². The number of carbonyl (C=O) groups excluding carboxylic acids is 2. The van der Waals surface area contributed by atoms with Crippen LogP contribution in [0.2, 0.25) is 16.6 Å². The second kappa shape index (κ2) is 29.4. The number of nitrogens with zero attached hydrogens (tertiary/aromatic N) is 4. The van der Waals surface area contributed by atoms with Crippen LogP contribution in [-0.4, -0.2) is 99.2 Å². The number of rotatable bonds is 28. The van der Waals surface area contributed by atoms with Gasteiger partial charge >= 0.3 is 17.8 Å². The molecule has 1 aliphatic heterocycles. The number of benzene rings is 4. The Bertz CT molecular complexity index is 2850. The van der Waals surface area contributed by atoms with Gasteiger partial charge in [-0.05, 0) is 118 Å². The molecule has 0 saturated carbocycles. The number of aromatic nitrogens is 2. The summed E-state index contributed by atoms with van der Waals surface area (Å²) >= 11 is 0. The van der Waals surface area contributed by atoms with Gasteiger partial charge in [0.1, 0.15) is 53.6 Å². The maximum atomic E-state index is 14.5. The molecule has 5 aromatic rings. The summed E-state index contributed by atoms with van der Waals surface area (Å²) in [6.45, 7) is 25.7. The summed E-state index contributed by atoms with van der Waals surface area (Å²) in [5.74, 6) is 1.32. The smallest absolute Gasteiger partial charge is 0.413 e. The van der Waals surface area contributed by atoms with Gasteiger partial charge in [0.2, 0.25) is 0 Å². The van der Waals surface area contributed by atoms with Crippen LogP contribution in [0.5, 0.6) is 17.2 Å². The Balaban J connectivity index is 1.42. The quantitative estimate of drug-likeness (QED) is 0.0124. The largest absolute Gasteiger partial charge is 0.542 e. The Hall–Kier alpha value is -6.20. The van der Waals surface area contributed by atoms with Gasteiger partial charge in [0.25, 0.3) is 16.8 Å². The summed E-state index contributed by atoms with van der Waals surface area (Å²) in [6.07, 6.45) is -4.03. The number of esters is 1. The molecule has 6 rings (SSSR count). The van der Waals surface area contributed by atoms with Crippen LogP contribution >= 0.6 is 8.53 Å². The Morgan fingerprint density at radius 2 is 1.33 bits per heavy atom. The van der Waals surface area contributed by atoms with Crippen molar-refractivity contribution in [1.29, 1.82) is 5.26 Å². The first-order valence-electron chi connectivity index (χ1n) is 28.0. The molecule has 1 aromatic heterocycles. The van der Waals surface area contributed by atoms with Gasteiger partial charge in [-0.3, -0.25) is 14.7 Å². The standard InChI is InChI=1S/C62H84N5O13PSi/c1-41(2)67(42(3)4)81(77-37-21-35-63)79-55-53(39-76-62(47-23-17-16-18-24-47,48-26-30-50(71-14)31-27-48)49-28-32-51(72-15)33-29-49)78-57(56(55)74-40-75-58(68)61(11,12)13)66-36-34-54(64-59(66)69)65-60(70)73-38-46-22-19-20-25-52(46)80-82(43(5)6,44(7)8)45(9)10/h16-20,22-34,36,41-45,53,55-57H,21,37-40H2,1-15H3,(H,64,65,69,70)/t53-,55-,56-,57-,81?/m1/s1. The molecule has 0 radical (unpaired) electrons. The van der Waals surface area contributed by atoms with E-state index in [1.807, 2.05) is 131 Å². The third kappa shape index (κ3) is 15.5. The van der Waals surface area contributed by atoms with Gasteiger partial charge in [-0.2, -0.15) is 10.2 Å². The van der Waals surface area contributed by atoms with Crippen LogP contribution < -0.4 is 24.9 Å². The van der Waals surface area contributed by atoms with E-state index in [-0.39, 0.29) is 44.1 Å². The molecule has 1 unspecified atom stereocenters. The number of methoxy groups -OCH3 is 2. The van der Waals surface area contributed by atoms with E-state index in [9.17, 15) is 19.6 Å². The summed E-state index contributed by atoms with van der Waals surface area (Å²) in [6, 6.07) is 35.9. The van der Waals surface area contributed by atoms with E-state index in [4.69, 9.17) is 46.6 Å². The van der Waals surface area contributed by atoms with E-state index in [0.29, 0.717) is 39.4 Å². The summed E-state index contributed by atoms with van der Waals surface area (Å²) in [5, 5.41) is 12.3. The minimum absolute atomic E-state index is 0.0499. The SMILES string of the molecule is COc1ccc(C(OC[C@H]2O[C@@H](n3ccc(NC(=O)OCc4ccccc4O[Si](C(C)C)(C(C)C)C(C)C)nc3=O)[C@H](OCOC(=O)C(C)(C)C)[C@@H]2OP(OCCC#N)N(C(C)C)C(C)C)(c2ccccc2)c2ccc(OC)cc2)cc1. The van der Waals surface area contributed by atoms with Crippen molar-refractivity contribution in [3.05, 3.63) is 148 Å². The van der Waals surface area contributed by atoms with E-state index in [1.165, 1.54) is 16.8 Å². The van der Waals surface area contributed by atoms with Crippen LogP contribution in [0.3, 0.4) is 0 Å². The molecule has 444 valence electrons. The predicted molar refractivity (Wildman–Crippen MR) is 318 cm³/mol. The lowest BCUT2D eigenvalue weighted by molar-refractivity contribution is -0.178. The number of hydrogen-bond acceptors (Lipinski definition) is 16. The fourth-order valence-electron chi connectivity index (χ4n) is 10.7. The molecule has 1 amide bonds. The van der Waals surface area contributed by atoms with Gasteiger partial charge in [-0.1, -0.05) is 114 Å². The summed E-state index contributed by atoms with van der Waals surface area (Å²) in [5.41, 5.74) is 0.901. The minimum Gasteiger partial charge on any atom is -0.542 e. The van der Waals surface area contributed by atoms with Crippen LogP contribution in [0, 0.1) is 16.7 Å². The number of hydrogen-bond donors (Lipinski definition) is 1. The summed E-state index contributed by atoms with van der Waals surface area (Å²) in [4.78, 5) is 45.6. The molecule has 1 fully saturated rings. The molecular weight excluding hydrogens is 1080 g/mol. The van der Waals surface area contributed by atoms with Crippen molar-refractivity contribution in [2.75, 3.05) is 39.5 Å². The summed E-state index contributed by atoms with van der Waals surface area (Å²) < 4.78 is 67.6. The van der Waals surface area contributed by atoms with Crippen molar-refractivity contribution in [2.24, 2.45) is 5.41 Å². The average Bonchev–Trinajstić information content (AvgIpc) is 2.50. The van der Waals surface area contributed by atoms with Gasteiger partial charge in [0.15, 0.2) is 13.0 Å². The van der Waals surface area contributed by atoms with Crippen molar-refractivity contribution >= 4 is 34.7 Å². The number of ether oxygens (including phenoxy) is 7. The van der Waals surface area contributed by atoms with E-state index in [1.54, 1.807) is 35.0 Å². The van der Waals surface area contributed by atoms with Crippen molar-refractivity contribution < 1.29 is 56.2 Å². The fraction of sp³-hybridized carbons (Fsp3) is 0.500. The van der Waals surface area contributed by atoms with Crippen LogP contribution in [0.25, 0.3) is 0 Å². The number of nitriles is 1. The Morgan fingerprint density at radius 3 is 1.85 bits per heavy atom. The molecule has 20 heteroatoms. The topological polar surface area (TPSA) is 200 Å². The zero-order valence-electron chi connectivity index (χ0n) is 50.2. The van der Waals surface area contributed by atoms with Crippen molar-refractivity contribution in [2.45, 2.75) is 162 Å². The van der Waals surface area contributed by atoms with Gasteiger partial charge in [-0.15, -0.1) is 0 Å². The number of para-hydroxylation sites is 1. The van der Waals surface area contributed by atoms with E-state index < -0.39 is 76.9 Å². The monoisotopic (exact) mass is 1170 g/mol. The lowest BCUT2D eigenvalue weighted by Gasteiger charge is -2.42. The third-order valence-corrected chi connectivity index (χ3v) is 22.6. The molecule has 82 heavy (non-hydrogen) atoms. The molecule has 5 atom stereocenters. The van der Waals surface area contributed by atoms with Crippen molar-refractivity contribution in [1.82, 2.24) is 14.2 Å². The first-order valence-corrected chi connectivity index (χ1v) is 31.3. The highest BCUT2D eigenvalue weighted by atomic mass is 31.2. The number of amides is 1. The minimum atomic E-state index is -2.35. The Kier molecular flexibility index (Phi) is 23.3. The third-order valence-electron chi connectivity index (χ3n) is 14.5. The molecule has 18 nitrogen and oxygen atoms in total. The van der Waals surface area contributed by atoms with E-state index >= 15 is 0 Å². The normalized spacial score (nSPS) is 17.1. The van der Waals surface area contributed by atoms with Gasteiger partial charge in [-0.25, -0.2) is 14.3 Å². The summed E-state index contributed by atoms with van der Waals surface area (Å²) in [7, 11) is -1.14. The number of nitrogens with one attached hydrogen (secondary N) is 1. The van der Waals surface area contributed by atoms with Crippen molar-refractivity contribution in [3.8, 4) is 23.3 Å². The molecule has 1 aliphatic rings. The fourth-order valence-corrected chi connectivity index (χ4v) is 17.7. The zero-order chi connectivity index (χ0) is 59.9. The van der Waals surface area contributed by atoms with Gasteiger partial charge < -0.3 is 46.6 Å². The Morgan fingerprint density at radius 1 is 0.768 bits per heavy atom. The van der Waals surface area contributed by atoms with Gasteiger partial charge in [0.05, 0.1) is 45.3 Å². The molecule has 0 spiro atoms. The molecule has 4 aromatic carbocycles. The van der Waals surface area contributed by atoms with E-state index in [0.717, 1.165) is 16.7 Å². The highest BCUT2D eigenvalue weighted by molar-refractivity contribution is 7.44. The second-order valence-corrected chi connectivity index (χ2v) is 29.4. The first kappa shape index (κ1) is 65.0. The number of carbonyl (C=O) groups is 2. The van der Waals surface area contributed by atoms with E-state index in [2.05, 4.69) is 62.6 Å². The predicted octanol–water partition coefficient (Wildman–Crippen LogP) is 13.1. The molecule has 1 N–H and O–H groups in total. The average molecular weight is 1170 g/mol. The molecule has 2 heterocycles.